The lowest BCUT2D eigenvalue weighted by atomic mass is 9.84. The van der Waals surface area contributed by atoms with Crippen molar-refractivity contribution < 1.29 is 0 Å². The van der Waals surface area contributed by atoms with Gasteiger partial charge < -0.3 is 14.8 Å². The predicted molar refractivity (Wildman–Crippen MR) is 88.3 cm³/mol. The van der Waals surface area contributed by atoms with E-state index in [0.717, 1.165) is 12.5 Å². The zero-order valence-corrected chi connectivity index (χ0v) is 14.3. The first-order valence-corrected chi connectivity index (χ1v) is 8.26. The molecule has 0 aromatic carbocycles. The molecule has 4 nitrogen and oxygen atoms in total. The van der Waals surface area contributed by atoms with Crippen LogP contribution in [-0.4, -0.2) is 46.7 Å². The molecule has 1 fully saturated rings. The summed E-state index contributed by atoms with van der Waals surface area (Å²) in [5.74, 6) is 0.761. The van der Waals surface area contributed by atoms with Crippen LogP contribution in [0.5, 0.6) is 0 Å². The van der Waals surface area contributed by atoms with E-state index in [1.807, 2.05) is 12.5 Å². The Morgan fingerprint density at radius 1 is 1.38 bits per heavy atom. The SMILES string of the molecule is CC(NC(Cn1ccnc1)C(C)(C)C)C1CCCN(C)C1. The lowest BCUT2D eigenvalue weighted by Gasteiger charge is -2.39. The molecule has 0 bridgehead atoms. The Labute approximate surface area is 129 Å². The van der Waals surface area contributed by atoms with Gasteiger partial charge in [0.2, 0.25) is 0 Å². The van der Waals surface area contributed by atoms with Crippen molar-refractivity contribution in [2.24, 2.45) is 11.3 Å². The number of piperidine rings is 1. The first-order valence-electron chi connectivity index (χ1n) is 8.26. The average molecular weight is 292 g/mol. The molecule has 1 saturated heterocycles. The molecule has 0 aliphatic carbocycles. The van der Waals surface area contributed by atoms with Crippen molar-refractivity contribution in [3.8, 4) is 0 Å². The zero-order chi connectivity index (χ0) is 15.5. The second kappa shape index (κ2) is 6.93. The molecule has 1 N–H and O–H groups in total. The molecule has 4 heteroatoms. The molecule has 0 amide bonds. The van der Waals surface area contributed by atoms with E-state index in [4.69, 9.17) is 0 Å². The second-order valence-electron chi connectivity index (χ2n) is 7.80. The zero-order valence-electron chi connectivity index (χ0n) is 14.3. The van der Waals surface area contributed by atoms with Crippen LogP contribution in [0.4, 0.5) is 0 Å². The molecule has 21 heavy (non-hydrogen) atoms. The minimum atomic E-state index is 0.235. The first kappa shape index (κ1) is 16.5. The van der Waals surface area contributed by atoms with Crippen molar-refractivity contribution >= 4 is 0 Å². The quantitative estimate of drug-likeness (QED) is 0.905. The monoisotopic (exact) mass is 292 g/mol. The Balaban J connectivity index is 1.97. The van der Waals surface area contributed by atoms with Gasteiger partial charge in [0.1, 0.15) is 0 Å². The molecule has 1 aliphatic heterocycles. The summed E-state index contributed by atoms with van der Waals surface area (Å²) in [5.41, 5.74) is 0.235. The lowest BCUT2D eigenvalue weighted by molar-refractivity contribution is 0.147. The molecule has 120 valence electrons. The largest absolute Gasteiger partial charge is 0.336 e. The van der Waals surface area contributed by atoms with E-state index in [9.17, 15) is 0 Å². The summed E-state index contributed by atoms with van der Waals surface area (Å²) >= 11 is 0. The molecule has 1 aromatic heterocycles. The minimum absolute atomic E-state index is 0.235. The third-order valence-electron chi connectivity index (χ3n) is 4.83. The van der Waals surface area contributed by atoms with Crippen LogP contribution in [-0.2, 0) is 6.54 Å². The number of imidazole rings is 1. The van der Waals surface area contributed by atoms with E-state index >= 15 is 0 Å². The van der Waals surface area contributed by atoms with Gasteiger partial charge in [-0.05, 0) is 44.7 Å². The average Bonchev–Trinajstić information content (AvgIpc) is 2.89. The van der Waals surface area contributed by atoms with Crippen LogP contribution in [0.2, 0.25) is 0 Å². The van der Waals surface area contributed by atoms with Crippen molar-refractivity contribution in [1.29, 1.82) is 0 Å². The van der Waals surface area contributed by atoms with E-state index in [1.54, 1.807) is 0 Å². The van der Waals surface area contributed by atoms with Gasteiger partial charge in [0.05, 0.1) is 6.33 Å². The topological polar surface area (TPSA) is 33.1 Å². The van der Waals surface area contributed by atoms with Gasteiger partial charge in [0, 0.05) is 37.6 Å². The summed E-state index contributed by atoms with van der Waals surface area (Å²) in [4.78, 5) is 6.63. The van der Waals surface area contributed by atoms with Crippen LogP contribution < -0.4 is 5.32 Å². The highest BCUT2D eigenvalue weighted by Gasteiger charge is 2.30. The van der Waals surface area contributed by atoms with Crippen molar-refractivity contribution in [3.63, 3.8) is 0 Å². The number of aromatic nitrogens is 2. The van der Waals surface area contributed by atoms with Gasteiger partial charge in [-0.25, -0.2) is 4.98 Å². The van der Waals surface area contributed by atoms with Crippen molar-refractivity contribution in [1.82, 2.24) is 19.8 Å². The summed E-state index contributed by atoms with van der Waals surface area (Å²) < 4.78 is 2.18. The fourth-order valence-corrected chi connectivity index (χ4v) is 3.25. The molecule has 2 rings (SSSR count). The fraction of sp³-hybridized carbons (Fsp3) is 0.824. The first-order chi connectivity index (χ1) is 9.86. The molecule has 1 aromatic rings. The summed E-state index contributed by atoms with van der Waals surface area (Å²) in [7, 11) is 2.24. The van der Waals surface area contributed by atoms with Crippen molar-refractivity contribution in [2.45, 2.75) is 59.2 Å². The molecule has 2 heterocycles. The molecular weight excluding hydrogens is 260 g/mol. The molecule has 3 atom stereocenters. The van der Waals surface area contributed by atoms with Crippen LogP contribution in [0.1, 0.15) is 40.5 Å². The van der Waals surface area contributed by atoms with E-state index in [0.29, 0.717) is 12.1 Å². The molecular formula is C17H32N4. The van der Waals surface area contributed by atoms with Crippen LogP contribution in [0.15, 0.2) is 18.7 Å². The van der Waals surface area contributed by atoms with E-state index in [1.165, 1.54) is 25.9 Å². The molecule has 0 radical (unpaired) electrons. The number of hydrogen-bond acceptors (Lipinski definition) is 3. The molecule has 3 unspecified atom stereocenters. The summed E-state index contributed by atoms with van der Waals surface area (Å²) in [6, 6.07) is 1.01. The van der Waals surface area contributed by atoms with Gasteiger partial charge in [0.25, 0.3) is 0 Å². The minimum Gasteiger partial charge on any atom is -0.336 e. The van der Waals surface area contributed by atoms with E-state index in [2.05, 4.69) is 60.7 Å². The number of nitrogens with zero attached hydrogens (tertiary/aromatic N) is 3. The Bertz CT molecular complexity index is 407. The smallest absolute Gasteiger partial charge is 0.0946 e. The summed E-state index contributed by atoms with van der Waals surface area (Å²) in [5, 5.41) is 3.91. The van der Waals surface area contributed by atoms with Crippen molar-refractivity contribution in [3.05, 3.63) is 18.7 Å². The highest BCUT2D eigenvalue weighted by molar-refractivity contribution is 4.88. The lowest BCUT2D eigenvalue weighted by Crippen LogP contribution is -2.52. The van der Waals surface area contributed by atoms with Gasteiger partial charge in [-0.3, -0.25) is 0 Å². The molecule has 0 spiro atoms. The number of hydrogen-bond donors (Lipinski definition) is 1. The highest BCUT2D eigenvalue weighted by atomic mass is 15.1. The number of likely N-dealkylation sites (tertiary alicyclic amines) is 1. The molecule has 0 saturated carbocycles. The number of nitrogens with one attached hydrogen (secondary N) is 1. The van der Waals surface area contributed by atoms with E-state index < -0.39 is 0 Å². The summed E-state index contributed by atoms with van der Waals surface area (Å²) in [6.07, 6.45) is 8.51. The maximum atomic E-state index is 4.16. The molecule has 1 aliphatic rings. The standard InChI is InChI=1S/C17H32N4/c1-14(15-7-6-9-20(5)11-15)19-16(17(2,3)4)12-21-10-8-18-13-21/h8,10,13-16,19H,6-7,9,11-12H2,1-5H3. The summed E-state index contributed by atoms with van der Waals surface area (Å²) in [6.45, 7) is 12.8. The van der Waals surface area contributed by atoms with Gasteiger partial charge in [0.15, 0.2) is 0 Å². The van der Waals surface area contributed by atoms with Crippen LogP contribution in [0, 0.1) is 11.3 Å². The van der Waals surface area contributed by atoms with Crippen molar-refractivity contribution in [2.75, 3.05) is 20.1 Å². The Hall–Kier alpha value is -0.870. The Morgan fingerprint density at radius 2 is 2.14 bits per heavy atom. The van der Waals surface area contributed by atoms with Gasteiger partial charge in [-0.2, -0.15) is 0 Å². The van der Waals surface area contributed by atoms with Gasteiger partial charge in [-0.15, -0.1) is 0 Å². The maximum absolute atomic E-state index is 4.16. The van der Waals surface area contributed by atoms with E-state index in [-0.39, 0.29) is 5.41 Å². The third kappa shape index (κ3) is 4.82. The second-order valence-corrected chi connectivity index (χ2v) is 7.80. The van der Waals surface area contributed by atoms with Crippen LogP contribution in [0.25, 0.3) is 0 Å². The highest BCUT2D eigenvalue weighted by Crippen LogP contribution is 2.24. The number of rotatable bonds is 5. The third-order valence-corrected chi connectivity index (χ3v) is 4.83. The van der Waals surface area contributed by atoms with Gasteiger partial charge in [-0.1, -0.05) is 20.8 Å². The maximum Gasteiger partial charge on any atom is 0.0946 e. The fourth-order valence-electron chi connectivity index (χ4n) is 3.25. The predicted octanol–water partition coefficient (Wildman–Crippen LogP) is 2.62. The van der Waals surface area contributed by atoms with Crippen LogP contribution in [0.3, 0.4) is 0 Å². The van der Waals surface area contributed by atoms with Crippen LogP contribution >= 0.6 is 0 Å². The Morgan fingerprint density at radius 3 is 2.71 bits per heavy atom. The van der Waals surface area contributed by atoms with Gasteiger partial charge >= 0.3 is 0 Å². The normalized spacial score (nSPS) is 24.0. The Kier molecular flexibility index (Phi) is 5.44.